The third-order valence-electron chi connectivity index (χ3n) is 1.23. The van der Waals surface area contributed by atoms with Gasteiger partial charge in [0.05, 0.1) is 9.13 Å². The van der Waals surface area contributed by atoms with E-state index in [-0.39, 0.29) is 5.56 Å². The van der Waals surface area contributed by atoms with Crippen LogP contribution in [0.4, 0.5) is 4.39 Å². The SMILES string of the molecule is O=Cc1ccc(I)c(F)c1O. The maximum absolute atomic E-state index is 12.8. The van der Waals surface area contributed by atoms with Crippen molar-refractivity contribution >= 4 is 28.9 Å². The minimum absolute atomic E-state index is 0.0251. The first-order valence-electron chi connectivity index (χ1n) is 2.79. The molecule has 0 saturated heterocycles. The number of carbonyl (C=O) groups is 1. The molecular formula is C7H4FIO2. The molecule has 0 fully saturated rings. The zero-order chi connectivity index (χ0) is 8.43. The lowest BCUT2D eigenvalue weighted by molar-refractivity contribution is 0.112. The van der Waals surface area contributed by atoms with Gasteiger partial charge < -0.3 is 5.11 Å². The standard InChI is InChI=1S/C7H4FIO2/c8-6-5(9)2-1-4(3-10)7(6)11/h1-3,11H. The molecule has 0 aliphatic rings. The Labute approximate surface area is 76.2 Å². The lowest BCUT2D eigenvalue weighted by Crippen LogP contribution is -1.88. The van der Waals surface area contributed by atoms with Crippen LogP contribution < -0.4 is 0 Å². The normalized spacial score (nSPS) is 9.64. The number of hydrogen-bond donors (Lipinski definition) is 1. The Hall–Kier alpha value is -0.650. The maximum Gasteiger partial charge on any atom is 0.178 e. The summed E-state index contributed by atoms with van der Waals surface area (Å²) in [5.41, 5.74) is -0.0251. The highest BCUT2D eigenvalue weighted by Gasteiger charge is 2.08. The Kier molecular flexibility index (Phi) is 2.43. The molecule has 11 heavy (non-hydrogen) atoms. The van der Waals surface area contributed by atoms with Crippen molar-refractivity contribution in [3.05, 3.63) is 27.1 Å². The Morgan fingerprint density at radius 1 is 1.55 bits per heavy atom. The summed E-state index contributed by atoms with van der Waals surface area (Å²) in [6.45, 7) is 0. The van der Waals surface area contributed by atoms with Gasteiger partial charge in [-0.15, -0.1) is 0 Å². The lowest BCUT2D eigenvalue weighted by Gasteiger charge is -1.99. The van der Waals surface area contributed by atoms with Gasteiger partial charge in [-0.05, 0) is 34.7 Å². The van der Waals surface area contributed by atoms with E-state index in [9.17, 15) is 9.18 Å². The van der Waals surface area contributed by atoms with E-state index in [1.54, 1.807) is 22.6 Å². The van der Waals surface area contributed by atoms with Gasteiger partial charge in [0.1, 0.15) is 0 Å². The molecule has 1 aromatic carbocycles. The van der Waals surface area contributed by atoms with Crippen LogP contribution in [0.1, 0.15) is 10.4 Å². The van der Waals surface area contributed by atoms with Crippen LogP contribution in [0.5, 0.6) is 5.75 Å². The summed E-state index contributed by atoms with van der Waals surface area (Å²) in [6, 6.07) is 2.80. The Morgan fingerprint density at radius 3 is 2.73 bits per heavy atom. The minimum atomic E-state index is -0.741. The molecule has 0 aliphatic heterocycles. The first-order chi connectivity index (χ1) is 5.16. The van der Waals surface area contributed by atoms with E-state index in [0.717, 1.165) is 0 Å². The van der Waals surface area contributed by atoms with Gasteiger partial charge in [0.25, 0.3) is 0 Å². The van der Waals surface area contributed by atoms with Crippen LogP contribution in [-0.2, 0) is 0 Å². The Bertz CT molecular complexity index is 299. The van der Waals surface area contributed by atoms with E-state index in [4.69, 9.17) is 5.11 Å². The van der Waals surface area contributed by atoms with Crippen LogP contribution in [0.15, 0.2) is 12.1 Å². The molecule has 0 aromatic heterocycles. The van der Waals surface area contributed by atoms with Gasteiger partial charge in [0.2, 0.25) is 0 Å². The summed E-state index contributed by atoms with van der Waals surface area (Å²) < 4.78 is 13.1. The predicted molar refractivity (Wildman–Crippen MR) is 46.2 cm³/mol. The molecule has 0 radical (unpaired) electrons. The molecule has 0 bridgehead atoms. The maximum atomic E-state index is 12.8. The molecule has 0 spiro atoms. The molecule has 0 atom stereocenters. The van der Waals surface area contributed by atoms with Crippen LogP contribution in [0.25, 0.3) is 0 Å². The van der Waals surface area contributed by atoms with E-state index in [2.05, 4.69) is 0 Å². The van der Waals surface area contributed by atoms with E-state index in [0.29, 0.717) is 9.86 Å². The number of aromatic hydroxyl groups is 1. The average molecular weight is 266 g/mol. The summed E-state index contributed by atoms with van der Waals surface area (Å²) in [7, 11) is 0. The molecule has 4 heteroatoms. The quantitative estimate of drug-likeness (QED) is 0.623. The van der Waals surface area contributed by atoms with E-state index >= 15 is 0 Å². The molecule has 0 amide bonds. The predicted octanol–water partition coefficient (Wildman–Crippen LogP) is 1.95. The number of hydrogen-bond acceptors (Lipinski definition) is 2. The van der Waals surface area contributed by atoms with Crippen molar-refractivity contribution in [2.24, 2.45) is 0 Å². The second-order valence-corrected chi connectivity index (χ2v) is 3.08. The third kappa shape index (κ3) is 1.50. The number of aldehydes is 1. The largest absolute Gasteiger partial charge is 0.504 e. The van der Waals surface area contributed by atoms with Crippen molar-refractivity contribution in [1.82, 2.24) is 0 Å². The van der Waals surface area contributed by atoms with Crippen LogP contribution in [-0.4, -0.2) is 11.4 Å². The molecule has 0 saturated carbocycles. The Morgan fingerprint density at radius 2 is 2.18 bits per heavy atom. The molecule has 1 N–H and O–H groups in total. The smallest absolute Gasteiger partial charge is 0.178 e. The second-order valence-electron chi connectivity index (χ2n) is 1.92. The van der Waals surface area contributed by atoms with Crippen LogP contribution in [0, 0.1) is 9.39 Å². The van der Waals surface area contributed by atoms with Crippen molar-refractivity contribution in [2.75, 3.05) is 0 Å². The molecule has 0 aliphatic carbocycles. The first-order valence-corrected chi connectivity index (χ1v) is 3.87. The van der Waals surface area contributed by atoms with Crippen molar-refractivity contribution in [3.63, 3.8) is 0 Å². The zero-order valence-corrected chi connectivity index (χ0v) is 7.50. The summed E-state index contributed by atoms with van der Waals surface area (Å²) in [5.74, 6) is -1.32. The van der Waals surface area contributed by atoms with Crippen molar-refractivity contribution in [2.45, 2.75) is 0 Å². The van der Waals surface area contributed by atoms with Gasteiger partial charge in [-0.2, -0.15) is 0 Å². The molecule has 0 unspecified atom stereocenters. The summed E-state index contributed by atoms with van der Waals surface area (Å²) >= 11 is 1.73. The molecule has 1 aromatic rings. The fraction of sp³-hybridized carbons (Fsp3) is 0. The van der Waals surface area contributed by atoms with Crippen LogP contribution in [0.2, 0.25) is 0 Å². The fourth-order valence-corrected chi connectivity index (χ4v) is 1.09. The van der Waals surface area contributed by atoms with Gasteiger partial charge in [0.15, 0.2) is 17.9 Å². The molecule has 2 nitrogen and oxygen atoms in total. The monoisotopic (exact) mass is 266 g/mol. The number of halogens is 2. The highest BCUT2D eigenvalue weighted by Crippen LogP contribution is 2.23. The van der Waals surface area contributed by atoms with E-state index < -0.39 is 11.6 Å². The third-order valence-corrected chi connectivity index (χ3v) is 2.06. The summed E-state index contributed by atoms with van der Waals surface area (Å²) in [6.07, 6.45) is 0.411. The second kappa shape index (κ2) is 3.17. The molecular weight excluding hydrogens is 262 g/mol. The van der Waals surface area contributed by atoms with Crippen molar-refractivity contribution in [1.29, 1.82) is 0 Å². The number of phenolic OH excluding ortho intramolecular Hbond substituents is 1. The zero-order valence-electron chi connectivity index (χ0n) is 5.34. The molecule has 0 heterocycles. The van der Waals surface area contributed by atoms with Gasteiger partial charge in [0, 0.05) is 0 Å². The lowest BCUT2D eigenvalue weighted by atomic mass is 10.2. The number of phenols is 1. The Balaban J connectivity index is 3.36. The van der Waals surface area contributed by atoms with Gasteiger partial charge in [-0.3, -0.25) is 4.79 Å². The van der Waals surface area contributed by atoms with E-state index in [1.807, 2.05) is 0 Å². The van der Waals surface area contributed by atoms with Crippen LogP contribution >= 0.6 is 22.6 Å². The number of benzene rings is 1. The average Bonchev–Trinajstić information content (AvgIpc) is 2.01. The van der Waals surface area contributed by atoms with Gasteiger partial charge in [-0.1, -0.05) is 0 Å². The molecule has 58 valence electrons. The van der Waals surface area contributed by atoms with Gasteiger partial charge >= 0.3 is 0 Å². The topological polar surface area (TPSA) is 37.3 Å². The van der Waals surface area contributed by atoms with Crippen molar-refractivity contribution in [3.8, 4) is 5.75 Å². The van der Waals surface area contributed by atoms with E-state index in [1.165, 1.54) is 12.1 Å². The summed E-state index contributed by atoms with van der Waals surface area (Å²) in [5, 5.41) is 8.97. The van der Waals surface area contributed by atoms with Crippen LogP contribution in [0.3, 0.4) is 0 Å². The highest BCUT2D eigenvalue weighted by atomic mass is 127. The molecule has 1 rings (SSSR count). The number of carbonyl (C=O) groups excluding carboxylic acids is 1. The first kappa shape index (κ1) is 8.45. The minimum Gasteiger partial charge on any atom is -0.504 e. The number of rotatable bonds is 1. The van der Waals surface area contributed by atoms with Gasteiger partial charge in [-0.25, -0.2) is 4.39 Å². The van der Waals surface area contributed by atoms with Crippen molar-refractivity contribution < 1.29 is 14.3 Å². The highest BCUT2D eigenvalue weighted by molar-refractivity contribution is 14.1. The fourth-order valence-electron chi connectivity index (χ4n) is 0.650. The summed E-state index contributed by atoms with van der Waals surface area (Å²) in [4.78, 5) is 10.2.